The van der Waals surface area contributed by atoms with Gasteiger partial charge in [0.25, 0.3) is 0 Å². The van der Waals surface area contributed by atoms with Gasteiger partial charge in [-0.15, -0.1) is 0 Å². The smallest absolute Gasteiger partial charge is 0.237 e. The third-order valence-electron chi connectivity index (χ3n) is 2.35. The number of rotatable bonds is 0. The van der Waals surface area contributed by atoms with Crippen LogP contribution >= 0.6 is 0 Å². The van der Waals surface area contributed by atoms with Crippen molar-refractivity contribution in [3.05, 3.63) is 35.4 Å². The third kappa shape index (κ3) is 1.55. The molecule has 0 saturated heterocycles. The molecule has 0 radical (unpaired) electrons. The fourth-order valence-corrected chi connectivity index (χ4v) is 1.57. The lowest BCUT2D eigenvalue weighted by Gasteiger charge is -2.05. The van der Waals surface area contributed by atoms with Crippen molar-refractivity contribution in [1.82, 2.24) is 5.32 Å². The van der Waals surface area contributed by atoms with Gasteiger partial charge in [0.1, 0.15) is 0 Å². The molecule has 3 heteroatoms. The molecule has 0 aromatic heterocycles. The van der Waals surface area contributed by atoms with Crippen molar-refractivity contribution in [2.24, 2.45) is 5.73 Å². The van der Waals surface area contributed by atoms with E-state index in [1.165, 1.54) is 11.1 Å². The van der Waals surface area contributed by atoms with E-state index in [1.54, 1.807) is 0 Å². The summed E-state index contributed by atoms with van der Waals surface area (Å²) in [5.41, 5.74) is 8.03. The van der Waals surface area contributed by atoms with Gasteiger partial charge in [-0.05, 0) is 17.5 Å². The number of nitrogens with one attached hydrogen (secondary N) is 1. The fourth-order valence-electron chi connectivity index (χ4n) is 1.57. The molecule has 1 atom stereocenters. The molecule has 1 aliphatic rings. The van der Waals surface area contributed by atoms with Gasteiger partial charge in [0, 0.05) is 6.54 Å². The van der Waals surface area contributed by atoms with E-state index in [9.17, 15) is 4.79 Å². The number of nitrogens with two attached hydrogens (primary N) is 1. The molecule has 0 fully saturated rings. The summed E-state index contributed by atoms with van der Waals surface area (Å²) in [7, 11) is 0. The SMILES string of the molecule is NC1Cc2ccccc2CNC1=O. The van der Waals surface area contributed by atoms with Crippen molar-refractivity contribution in [3.8, 4) is 0 Å². The van der Waals surface area contributed by atoms with Crippen molar-refractivity contribution in [2.45, 2.75) is 19.0 Å². The van der Waals surface area contributed by atoms with E-state index in [1.807, 2.05) is 24.3 Å². The van der Waals surface area contributed by atoms with Gasteiger partial charge >= 0.3 is 0 Å². The zero-order valence-electron chi connectivity index (χ0n) is 7.29. The largest absolute Gasteiger partial charge is 0.351 e. The Morgan fingerprint density at radius 1 is 1.31 bits per heavy atom. The zero-order valence-corrected chi connectivity index (χ0v) is 7.29. The molecule has 1 aliphatic heterocycles. The van der Waals surface area contributed by atoms with Crippen LogP contribution in [-0.2, 0) is 17.8 Å². The first kappa shape index (κ1) is 8.26. The molecule has 13 heavy (non-hydrogen) atoms. The van der Waals surface area contributed by atoms with E-state index in [4.69, 9.17) is 5.73 Å². The van der Waals surface area contributed by atoms with Crippen LogP contribution in [-0.4, -0.2) is 11.9 Å². The van der Waals surface area contributed by atoms with Crippen LogP contribution in [0.3, 0.4) is 0 Å². The zero-order chi connectivity index (χ0) is 9.26. The summed E-state index contributed by atoms with van der Waals surface area (Å²) >= 11 is 0. The van der Waals surface area contributed by atoms with E-state index >= 15 is 0 Å². The Labute approximate surface area is 76.9 Å². The molecule has 1 amide bonds. The predicted octanol–water partition coefficient (Wildman–Crippen LogP) is 0.186. The first-order valence-electron chi connectivity index (χ1n) is 4.37. The third-order valence-corrected chi connectivity index (χ3v) is 2.35. The average molecular weight is 176 g/mol. The first-order valence-corrected chi connectivity index (χ1v) is 4.37. The van der Waals surface area contributed by atoms with Crippen molar-refractivity contribution in [3.63, 3.8) is 0 Å². The van der Waals surface area contributed by atoms with E-state index < -0.39 is 6.04 Å². The summed E-state index contributed by atoms with van der Waals surface area (Å²) in [5.74, 6) is -0.0591. The maximum absolute atomic E-state index is 11.2. The second kappa shape index (κ2) is 3.18. The Balaban J connectivity index is 2.35. The lowest BCUT2D eigenvalue weighted by molar-refractivity contribution is -0.122. The second-order valence-corrected chi connectivity index (χ2v) is 3.30. The number of amides is 1. The minimum atomic E-state index is -0.399. The quantitative estimate of drug-likeness (QED) is 0.592. The maximum atomic E-state index is 11.2. The van der Waals surface area contributed by atoms with Crippen molar-refractivity contribution in [2.75, 3.05) is 0 Å². The van der Waals surface area contributed by atoms with E-state index in [2.05, 4.69) is 5.32 Å². The molecule has 68 valence electrons. The number of carbonyl (C=O) groups is 1. The molecule has 1 aromatic rings. The van der Waals surface area contributed by atoms with Gasteiger partial charge < -0.3 is 11.1 Å². The number of hydrogen-bond donors (Lipinski definition) is 2. The molecular weight excluding hydrogens is 164 g/mol. The van der Waals surface area contributed by atoms with Crippen LogP contribution in [0.25, 0.3) is 0 Å². The fraction of sp³-hybridized carbons (Fsp3) is 0.300. The van der Waals surface area contributed by atoms with Gasteiger partial charge in [0.05, 0.1) is 6.04 Å². The van der Waals surface area contributed by atoms with Gasteiger partial charge in [-0.1, -0.05) is 24.3 Å². The lowest BCUT2D eigenvalue weighted by atomic mass is 10.0. The molecule has 0 saturated carbocycles. The molecule has 1 unspecified atom stereocenters. The summed E-state index contributed by atoms with van der Waals surface area (Å²) in [6.45, 7) is 0.600. The Morgan fingerprint density at radius 2 is 2.00 bits per heavy atom. The predicted molar refractivity (Wildman–Crippen MR) is 50.0 cm³/mol. The number of carbonyl (C=O) groups excluding carboxylic acids is 1. The van der Waals surface area contributed by atoms with Crippen LogP contribution in [0.2, 0.25) is 0 Å². The van der Waals surface area contributed by atoms with Crippen molar-refractivity contribution >= 4 is 5.91 Å². The van der Waals surface area contributed by atoms with Gasteiger partial charge in [-0.2, -0.15) is 0 Å². The highest BCUT2D eigenvalue weighted by molar-refractivity contribution is 5.82. The van der Waals surface area contributed by atoms with Crippen LogP contribution in [0.5, 0.6) is 0 Å². The summed E-state index contributed by atoms with van der Waals surface area (Å²) in [5, 5.41) is 2.79. The number of benzene rings is 1. The highest BCUT2D eigenvalue weighted by atomic mass is 16.2. The highest BCUT2D eigenvalue weighted by Crippen LogP contribution is 2.13. The van der Waals surface area contributed by atoms with E-state index in [0.29, 0.717) is 13.0 Å². The van der Waals surface area contributed by atoms with Crippen LogP contribution in [0, 0.1) is 0 Å². The minimum Gasteiger partial charge on any atom is -0.351 e. The molecule has 2 rings (SSSR count). The Hall–Kier alpha value is -1.35. The molecule has 3 nitrogen and oxygen atoms in total. The average Bonchev–Trinajstić information content (AvgIpc) is 2.28. The topological polar surface area (TPSA) is 55.1 Å². The first-order chi connectivity index (χ1) is 6.27. The van der Waals surface area contributed by atoms with Gasteiger partial charge in [0.2, 0.25) is 5.91 Å². The maximum Gasteiger partial charge on any atom is 0.237 e. The van der Waals surface area contributed by atoms with E-state index in [-0.39, 0.29) is 5.91 Å². The molecule has 1 heterocycles. The van der Waals surface area contributed by atoms with E-state index in [0.717, 1.165) is 0 Å². The van der Waals surface area contributed by atoms with Crippen molar-refractivity contribution < 1.29 is 4.79 Å². The molecule has 0 aliphatic carbocycles. The standard InChI is InChI=1S/C10H12N2O/c11-9-5-7-3-1-2-4-8(7)6-12-10(9)13/h1-4,9H,5-6,11H2,(H,12,13). The lowest BCUT2D eigenvalue weighted by Crippen LogP contribution is -2.39. The Bertz CT molecular complexity index is 335. The Morgan fingerprint density at radius 3 is 2.77 bits per heavy atom. The van der Waals surface area contributed by atoms with Crippen molar-refractivity contribution in [1.29, 1.82) is 0 Å². The van der Waals surface area contributed by atoms with Crippen LogP contribution < -0.4 is 11.1 Å². The highest BCUT2D eigenvalue weighted by Gasteiger charge is 2.19. The normalized spacial score (nSPS) is 21.6. The monoisotopic (exact) mass is 176 g/mol. The Kier molecular flexibility index (Phi) is 2.02. The molecular formula is C10H12N2O. The van der Waals surface area contributed by atoms with Crippen LogP contribution in [0.1, 0.15) is 11.1 Å². The molecule has 0 bridgehead atoms. The second-order valence-electron chi connectivity index (χ2n) is 3.30. The summed E-state index contributed by atoms with van der Waals surface area (Å²) in [6, 6.07) is 7.59. The van der Waals surface area contributed by atoms with Crippen LogP contribution in [0.4, 0.5) is 0 Å². The number of hydrogen-bond acceptors (Lipinski definition) is 2. The van der Waals surface area contributed by atoms with Crippen LogP contribution in [0.15, 0.2) is 24.3 Å². The molecule has 0 spiro atoms. The summed E-state index contributed by atoms with van der Waals surface area (Å²) in [6.07, 6.45) is 0.641. The van der Waals surface area contributed by atoms with Gasteiger partial charge in [-0.25, -0.2) is 0 Å². The molecule has 1 aromatic carbocycles. The molecule has 3 N–H and O–H groups in total. The van der Waals surface area contributed by atoms with Gasteiger partial charge in [0.15, 0.2) is 0 Å². The van der Waals surface area contributed by atoms with Gasteiger partial charge in [-0.3, -0.25) is 4.79 Å². The summed E-state index contributed by atoms with van der Waals surface area (Å²) in [4.78, 5) is 11.2. The summed E-state index contributed by atoms with van der Waals surface area (Å²) < 4.78 is 0. The number of fused-ring (bicyclic) bond motifs is 1. The minimum absolute atomic E-state index is 0.0591.